The smallest absolute Gasteiger partial charge is 0.386 e. The van der Waals surface area contributed by atoms with Crippen molar-refractivity contribution < 1.29 is 23.0 Å². The molecule has 194 valence electrons. The van der Waals surface area contributed by atoms with E-state index in [1.807, 2.05) is 44.2 Å². The van der Waals surface area contributed by atoms with E-state index in [4.69, 9.17) is 4.74 Å². The number of pyridine rings is 3. The van der Waals surface area contributed by atoms with Crippen molar-refractivity contribution in [2.24, 2.45) is 5.92 Å². The number of benzene rings is 1. The van der Waals surface area contributed by atoms with Crippen molar-refractivity contribution in [3.05, 3.63) is 77.6 Å². The average Bonchev–Trinajstić information content (AvgIpc) is 2.83. The molecule has 0 aliphatic rings. The lowest BCUT2D eigenvalue weighted by atomic mass is 9.98. The number of nitrogens with zero attached hydrogens (tertiary/aromatic N) is 3. The van der Waals surface area contributed by atoms with Gasteiger partial charge < -0.3 is 15.2 Å². The topological polar surface area (TPSA) is 80.2 Å². The van der Waals surface area contributed by atoms with Crippen molar-refractivity contribution in [2.75, 3.05) is 11.9 Å². The van der Waals surface area contributed by atoms with E-state index in [-0.39, 0.29) is 23.6 Å². The predicted molar refractivity (Wildman–Crippen MR) is 137 cm³/mol. The summed E-state index contributed by atoms with van der Waals surface area (Å²) >= 11 is 0. The van der Waals surface area contributed by atoms with E-state index >= 15 is 0 Å². The highest BCUT2D eigenvalue weighted by molar-refractivity contribution is 5.92. The summed E-state index contributed by atoms with van der Waals surface area (Å²) in [6.07, 6.45) is -3.26. The Morgan fingerprint density at radius 3 is 2.38 bits per heavy atom. The Kier molecular flexibility index (Phi) is 7.47. The van der Waals surface area contributed by atoms with Gasteiger partial charge in [0.05, 0.1) is 34.8 Å². The van der Waals surface area contributed by atoms with E-state index in [2.05, 4.69) is 20.3 Å². The molecule has 2 N–H and O–H groups in total. The van der Waals surface area contributed by atoms with Crippen molar-refractivity contribution >= 4 is 22.4 Å². The van der Waals surface area contributed by atoms with Crippen LogP contribution >= 0.6 is 0 Å². The normalized spacial score (nSPS) is 12.4. The molecule has 0 fully saturated rings. The van der Waals surface area contributed by atoms with Crippen LogP contribution in [0.5, 0.6) is 0 Å². The minimum absolute atomic E-state index is 0.0775. The Hall–Kier alpha value is -3.56. The predicted octanol–water partition coefficient (Wildman–Crippen LogP) is 6.85. The minimum Gasteiger partial charge on any atom is -0.386 e. The number of aliphatic hydroxyl groups is 1. The molecule has 0 bridgehead atoms. The molecule has 9 heteroatoms. The molecule has 37 heavy (non-hydrogen) atoms. The number of hydrogen-bond donors (Lipinski definition) is 2. The number of ether oxygens (including phenoxy) is 1. The van der Waals surface area contributed by atoms with E-state index in [0.29, 0.717) is 29.3 Å². The van der Waals surface area contributed by atoms with Crippen LogP contribution in [0.4, 0.5) is 24.5 Å². The first-order valence-corrected chi connectivity index (χ1v) is 11.9. The number of hydrogen-bond acceptors (Lipinski definition) is 6. The number of nitrogens with one attached hydrogen (secondary N) is 1. The fraction of sp³-hybridized carbons (Fsp3) is 0.321. The Morgan fingerprint density at radius 1 is 1.00 bits per heavy atom. The summed E-state index contributed by atoms with van der Waals surface area (Å²) in [5, 5.41) is 14.2. The lowest BCUT2D eigenvalue weighted by molar-refractivity contribution is -0.137. The Labute approximate surface area is 213 Å². The summed E-state index contributed by atoms with van der Waals surface area (Å²) in [5.74, 6) is 0.335. The van der Waals surface area contributed by atoms with Crippen molar-refractivity contribution in [1.82, 2.24) is 15.0 Å². The molecule has 3 heterocycles. The number of rotatable bonds is 8. The van der Waals surface area contributed by atoms with Crippen LogP contribution in [0.15, 0.2) is 60.8 Å². The van der Waals surface area contributed by atoms with E-state index in [0.717, 1.165) is 17.3 Å². The monoisotopic (exact) mass is 510 g/mol. The first-order chi connectivity index (χ1) is 17.4. The van der Waals surface area contributed by atoms with E-state index in [9.17, 15) is 18.3 Å². The zero-order chi connectivity index (χ0) is 26.8. The van der Waals surface area contributed by atoms with Gasteiger partial charge in [-0.2, -0.15) is 13.2 Å². The first kappa shape index (κ1) is 26.5. The summed E-state index contributed by atoms with van der Waals surface area (Å²) in [7, 11) is 0. The van der Waals surface area contributed by atoms with Crippen LogP contribution in [0, 0.1) is 5.92 Å². The number of anilines is 2. The fourth-order valence-corrected chi connectivity index (χ4v) is 3.82. The van der Waals surface area contributed by atoms with Gasteiger partial charge >= 0.3 is 6.18 Å². The lowest BCUT2D eigenvalue weighted by Gasteiger charge is -2.18. The number of fused-ring (bicyclic) bond motifs is 1. The van der Waals surface area contributed by atoms with Crippen LogP contribution < -0.4 is 5.32 Å². The molecule has 0 atom stereocenters. The van der Waals surface area contributed by atoms with Gasteiger partial charge in [-0.05, 0) is 67.8 Å². The quantitative estimate of drug-likeness (QED) is 0.270. The lowest BCUT2D eigenvalue weighted by Crippen LogP contribution is -2.15. The molecule has 3 aromatic heterocycles. The van der Waals surface area contributed by atoms with Gasteiger partial charge in [-0.15, -0.1) is 0 Å². The highest BCUT2D eigenvalue weighted by Gasteiger charge is 2.34. The van der Waals surface area contributed by atoms with Crippen LogP contribution in [0.1, 0.15) is 44.5 Å². The van der Waals surface area contributed by atoms with Crippen molar-refractivity contribution in [2.45, 2.75) is 46.1 Å². The van der Waals surface area contributed by atoms with Crippen LogP contribution in [-0.2, 0) is 23.1 Å². The summed E-state index contributed by atoms with van der Waals surface area (Å²) in [4.78, 5) is 13.0. The van der Waals surface area contributed by atoms with Crippen LogP contribution in [0.25, 0.3) is 22.4 Å². The molecule has 4 aromatic rings. The maximum absolute atomic E-state index is 13.6. The highest BCUT2D eigenvalue weighted by Crippen LogP contribution is 2.36. The number of alkyl halides is 3. The number of aromatic nitrogens is 3. The van der Waals surface area contributed by atoms with Gasteiger partial charge in [-0.25, -0.2) is 9.97 Å². The molecular formula is C28H29F3N4O2. The largest absolute Gasteiger partial charge is 0.418 e. The van der Waals surface area contributed by atoms with E-state index in [1.165, 1.54) is 18.3 Å². The van der Waals surface area contributed by atoms with Crippen LogP contribution in [0.3, 0.4) is 0 Å². The summed E-state index contributed by atoms with van der Waals surface area (Å²) in [5.41, 5.74) is 1.08. The third-order valence-electron chi connectivity index (χ3n) is 5.65. The molecule has 0 radical (unpaired) electrons. The van der Waals surface area contributed by atoms with Gasteiger partial charge in [-0.3, -0.25) is 4.98 Å². The summed E-state index contributed by atoms with van der Waals surface area (Å²) < 4.78 is 46.6. The van der Waals surface area contributed by atoms with Crippen molar-refractivity contribution in [3.8, 4) is 11.4 Å². The highest BCUT2D eigenvalue weighted by atomic mass is 19.4. The molecule has 1 aromatic carbocycles. The zero-order valence-corrected chi connectivity index (χ0v) is 21.1. The minimum atomic E-state index is -4.57. The van der Waals surface area contributed by atoms with Crippen LogP contribution in [-0.4, -0.2) is 26.7 Å². The first-order valence-electron chi connectivity index (χ1n) is 11.9. The molecule has 0 unspecified atom stereocenters. The van der Waals surface area contributed by atoms with Gasteiger partial charge in [0.25, 0.3) is 0 Å². The van der Waals surface area contributed by atoms with Gasteiger partial charge in [0.2, 0.25) is 0 Å². The van der Waals surface area contributed by atoms with Crippen molar-refractivity contribution in [3.63, 3.8) is 0 Å². The zero-order valence-electron chi connectivity index (χ0n) is 21.1. The molecule has 0 spiro atoms. The van der Waals surface area contributed by atoms with Crippen molar-refractivity contribution in [1.29, 1.82) is 0 Å². The maximum Gasteiger partial charge on any atom is 0.418 e. The van der Waals surface area contributed by atoms with Gasteiger partial charge in [0.1, 0.15) is 5.69 Å². The Morgan fingerprint density at radius 2 is 1.73 bits per heavy atom. The standard InChI is InChI=1S/C28H29F3N4O2/c1-17(2)15-37-16-20-14-24(33-19-9-7-18(8-10-19)27(3,4)36)21-11-12-23(35-26(21)34-20)25-22(28(29,30)31)6-5-13-32-25/h5-14,17,36H,15-16H2,1-4H3,(H,33,34,35). The van der Waals surface area contributed by atoms with E-state index in [1.54, 1.807) is 19.9 Å². The second-order valence-corrected chi connectivity index (χ2v) is 9.80. The maximum atomic E-state index is 13.6. The molecule has 4 rings (SSSR count). The van der Waals surface area contributed by atoms with E-state index < -0.39 is 17.3 Å². The summed E-state index contributed by atoms with van der Waals surface area (Å²) in [6, 6.07) is 14.6. The molecule has 0 aliphatic heterocycles. The van der Waals surface area contributed by atoms with Gasteiger partial charge in [-0.1, -0.05) is 26.0 Å². The molecular weight excluding hydrogens is 481 g/mol. The van der Waals surface area contributed by atoms with Gasteiger partial charge in [0, 0.05) is 23.9 Å². The molecule has 0 amide bonds. The molecule has 6 nitrogen and oxygen atoms in total. The summed E-state index contributed by atoms with van der Waals surface area (Å²) in [6.45, 7) is 8.27. The molecule has 0 saturated carbocycles. The van der Waals surface area contributed by atoms with Crippen LogP contribution in [0.2, 0.25) is 0 Å². The molecule has 0 saturated heterocycles. The van der Waals surface area contributed by atoms with Gasteiger partial charge in [0.15, 0.2) is 5.65 Å². The Balaban J connectivity index is 1.77. The average molecular weight is 511 g/mol. The fourth-order valence-electron chi connectivity index (χ4n) is 3.82. The Bertz CT molecular complexity index is 1380. The molecule has 0 aliphatic carbocycles. The third kappa shape index (κ3) is 6.42. The SMILES string of the molecule is CC(C)COCc1cc(Nc2ccc(C(C)(C)O)cc2)c2ccc(-c3ncccc3C(F)(F)F)nc2n1. The second-order valence-electron chi connectivity index (χ2n) is 9.80. The third-order valence-corrected chi connectivity index (χ3v) is 5.65. The number of halogens is 3. The second kappa shape index (κ2) is 10.4.